The fourth-order valence-corrected chi connectivity index (χ4v) is 2.70. The highest BCUT2D eigenvalue weighted by Crippen LogP contribution is 2.26. The van der Waals surface area contributed by atoms with Crippen LogP contribution < -0.4 is 5.32 Å². The molecule has 0 spiro atoms. The number of nitrogens with one attached hydrogen (secondary N) is 1. The summed E-state index contributed by atoms with van der Waals surface area (Å²) in [4.78, 5) is 0. The number of aliphatic hydroxyl groups excluding tert-OH is 1. The van der Waals surface area contributed by atoms with Gasteiger partial charge in [-0.2, -0.15) is 0 Å². The molecule has 0 amide bonds. The third kappa shape index (κ3) is 3.83. The largest absolute Gasteiger partial charge is 0.396 e. The molecular weight excluding hydrogens is 210 g/mol. The smallest absolute Gasteiger partial charge is 0.0499 e. The van der Waals surface area contributed by atoms with Crippen LogP contribution in [0.25, 0.3) is 0 Å². The number of aliphatic hydroxyl groups is 1. The number of hydrogen-bond donors (Lipinski definition) is 2. The second kappa shape index (κ2) is 6.77. The molecule has 0 saturated carbocycles. The van der Waals surface area contributed by atoms with Crippen molar-refractivity contribution in [2.45, 2.75) is 31.6 Å². The van der Waals surface area contributed by atoms with E-state index in [1.165, 1.54) is 37.9 Å². The van der Waals surface area contributed by atoms with E-state index < -0.39 is 0 Å². The van der Waals surface area contributed by atoms with Crippen molar-refractivity contribution in [1.82, 2.24) is 5.32 Å². The number of rotatable bonds is 5. The van der Waals surface area contributed by atoms with Gasteiger partial charge in [0.15, 0.2) is 0 Å². The third-order valence-electron chi connectivity index (χ3n) is 3.87. The molecule has 1 aliphatic rings. The van der Waals surface area contributed by atoms with Crippen molar-refractivity contribution in [2.75, 3.05) is 19.7 Å². The summed E-state index contributed by atoms with van der Waals surface area (Å²) in [6.07, 6.45) is 4.97. The van der Waals surface area contributed by atoms with E-state index in [2.05, 4.69) is 29.6 Å². The molecule has 0 aromatic heterocycles. The molecule has 1 heterocycles. The fraction of sp³-hybridized carbons (Fsp3) is 0.600. The first kappa shape index (κ1) is 12.6. The molecule has 1 atom stereocenters. The first-order valence-electron chi connectivity index (χ1n) is 6.76. The van der Waals surface area contributed by atoms with E-state index in [1.807, 2.05) is 6.07 Å². The summed E-state index contributed by atoms with van der Waals surface area (Å²) in [6.45, 7) is 2.61. The Bertz CT molecular complexity index is 306. The maximum atomic E-state index is 9.50. The minimum atomic E-state index is 0.273. The van der Waals surface area contributed by atoms with Crippen LogP contribution in [0, 0.1) is 5.92 Å². The maximum Gasteiger partial charge on any atom is 0.0499 e. The lowest BCUT2D eigenvalue weighted by Gasteiger charge is -2.24. The first-order chi connectivity index (χ1) is 8.40. The molecule has 0 radical (unpaired) electrons. The molecule has 1 aromatic rings. The lowest BCUT2D eigenvalue weighted by Crippen LogP contribution is -2.28. The van der Waals surface area contributed by atoms with Crippen molar-refractivity contribution in [3.05, 3.63) is 35.9 Å². The zero-order valence-corrected chi connectivity index (χ0v) is 10.4. The quantitative estimate of drug-likeness (QED) is 0.819. The molecule has 0 aliphatic carbocycles. The second-order valence-electron chi connectivity index (χ2n) is 5.06. The third-order valence-corrected chi connectivity index (χ3v) is 3.87. The Morgan fingerprint density at radius 1 is 1.18 bits per heavy atom. The van der Waals surface area contributed by atoms with Gasteiger partial charge in [-0.1, -0.05) is 30.3 Å². The lowest BCUT2D eigenvalue weighted by molar-refractivity contribution is 0.244. The van der Waals surface area contributed by atoms with Crippen molar-refractivity contribution in [3.8, 4) is 0 Å². The van der Waals surface area contributed by atoms with Gasteiger partial charge in [0.25, 0.3) is 0 Å². The molecule has 2 N–H and O–H groups in total. The highest BCUT2D eigenvalue weighted by atomic mass is 16.3. The number of piperidine rings is 1. The minimum Gasteiger partial charge on any atom is -0.396 e. The van der Waals surface area contributed by atoms with Crippen molar-refractivity contribution < 1.29 is 5.11 Å². The summed E-state index contributed by atoms with van der Waals surface area (Å²) in [5, 5.41) is 12.9. The van der Waals surface area contributed by atoms with E-state index in [9.17, 15) is 5.11 Å². The van der Waals surface area contributed by atoms with Crippen molar-refractivity contribution in [3.63, 3.8) is 0 Å². The van der Waals surface area contributed by atoms with Gasteiger partial charge in [0.2, 0.25) is 0 Å². The molecule has 1 aliphatic heterocycles. The lowest BCUT2D eigenvalue weighted by atomic mass is 9.87. The summed E-state index contributed by atoms with van der Waals surface area (Å²) in [6, 6.07) is 10.4. The Labute approximate surface area is 104 Å². The van der Waals surface area contributed by atoms with Gasteiger partial charge in [0, 0.05) is 12.5 Å². The van der Waals surface area contributed by atoms with E-state index in [0.29, 0.717) is 5.92 Å². The molecule has 2 heteroatoms. The van der Waals surface area contributed by atoms with E-state index in [0.717, 1.165) is 12.3 Å². The highest BCUT2D eigenvalue weighted by molar-refractivity contribution is 5.19. The molecule has 1 saturated heterocycles. The Morgan fingerprint density at radius 2 is 1.88 bits per heavy atom. The molecule has 1 aromatic carbocycles. The minimum absolute atomic E-state index is 0.273. The van der Waals surface area contributed by atoms with E-state index in [1.54, 1.807) is 0 Å². The SMILES string of the molecule is OCC(CCC1CCNCC1)c1ccccc1. The van der Waals surface area contributed by atoms with Gasteiger partial charge in [0.05, 0.1) is 0 Å². The van der Waals surface area contributed by atoms with Crippen molar-refractivity contribution in [1.29, 1.82) is 0 Å². The summed E-state index contributed by atoms with van der Waals surface area (Å²) in [5.74, 6) is 1.18. The Kier molecular flexibility index (Phi) is 5.02. The highest BCUT2D eigenvalue weighted by Gasteiger charge is 2.16. The average Bonchev–Trinajstić information content (AvgIpc) is 2.42. The second-order valence-corrected chi connectivity index (χ2v) is 5.06. The predicted octanol–water partition coefficient (Wildman–Crippen LogP) is 2.54. The summed E-state index contributed by atoms with van der Waals surface area (Å²) >= 11 is 0. The number of benzene rings is 1. The molecule has 94 valence electrons. The van der Waals surface area contributed by atoms with Crippen molar-refractivity contribution in [2.24, 2.45) is 5.92 Å². The molecule has 1 unspecified atom stereocenters. The summed E-state index contributed by atoms with van der Waals surface area (Å²) in [5.41, 5.74) is 1.28. The Morgan fingerprint density at radius 3 is 2.53 bits per heavy atom. The Hall–Kier alpha value is -0.860. The van der Waals surface area contributed by atoms with Gasteiger partial charge in [-0.15, -0.1) is 0 Å². The zero-order valence-electron chi connectivity index (χ0n) is 10.4. The Balaban J connectivity index is 1.83. The van der Waals surface area contributed by atoms with Crippen LogP contribution in [0.5, 0.6) is 0 Å². The van der Waals surface area contributed by atoms with Crippen LogP contribution in [0.15, 0.2) is 30.3 Å². The van der Waals surface area contributed by atoms with Crippen LogP contribution in [0.1, 0.15) is 37.2 Å². The normalized spacial score (nSPS) is 19.1. The van der Waals surface area contributed by atoms with E-state index in [-0.39, 0.29) is 6.61 Å². The monoisotopic (exact) mass is 233 g/mol. The van der Waals surface area contributed by atoms with Gasteiger partial charge in [0.1, 0.15) is 0 Å². The van der Waals surface area contributed by atoms with Gasteiger partial charge < -0.3 is 10.4 Å². The van der Waals surface area contributed by atoms with Gasteiger partial charge >= 0.3 is 0 Å². The molecule has 0 bridgehead atoms. The van der Waals surface area contributed by atoms with Gasteiger partial charge in [-0.25, -0.2) is 0 Å². The maximum absolute atomic E-state index is 9.50. The molecule has 1 fully saturated rings. The van der Waals surface area contributed by atoms with Gasteiger partial charge in [-0.05, 0) is 50.3 Å². The fourth-order valence-electron chi connectivity index (χ4n) is 2.70. The first-order valence-corrected chi connectivity index (χ1v) is 6.76. The van der Waals surface area contributed by atoms with Crippen LogP contribution in [0.4, 0.5) is 0 Å². The van der Waals surface area contributed by atoms with E-state index in [4.69, 9.17) is 0 Å². The van der Waals surface area contributed by atoms with E-state index >= 15 is 0 Å². The molecule has 2 nitrogen and oxygen atoms in total. The molecular formula is C15H23NO. The standard InChI is InChI=1S/C15H23NO/c17-12-15(14-4-2-1-3-5-14)7-6-13-8-10-16-11-9-13/h1-5,13,15-17H,6-12H2. The van der Waals surface area contributed by atoms with Crippen LogP contribution in [0.3, 0.4) is 0 Å². The van der Waals surface area contributed by atoms with Crippen LogP contribution in [0.2, 0.25) is 0 Å². The number of hydrogen-bond acceptors (Lipinski definition) is 2. The van der Waals surface area contributed by atoms with Crippen LogP contribution in [-0.4, -0.2) is 24.8 Å². The van der Waals surface area contributed by atoms with Gasteiger partial charge in [-0.3, -0.25) is 0 Å². The molecule has 2 rings (SSSR count). The zero-order chi connectivity index (χ0) is 11.9. The van der Waals surface area contributed by atoms with Crippen LogP contribution >= 0.6 is 0 Å². The average molecular weight is 233 g/mol. The summed E-state index contributed by atoms with van der Waals surface area (Å²) in [7, 11) is 0. The topological polar surface area (TPSA) is 32.3 Å². The van der Waals surface area contributed by atoms with Crippen molar-refractivity contribution >= 4 is 0 Å². The summed E-state index contributed by atoms with van der Waals surface area (Å²) < 4.78 is 0. The predicted molar refractivity (Wildman–Crippen MR) is 71.1 cm³/mol. The van der Waals surface area contributed by atoms with Crippen LogP contribution in [-0.2, 0) is 0 Å². The molecule has 17 heavy (non-hydrogen) atoms.